The Morgan fingerprint density at radius 3 is 3.00 bits per heavy atom. The highest BCUT2D eigenvalue weighted by atomic mass is 32.2. The fourth-order valence-corrected chi connectivity index (χ4v) is 2.30. The van der Waals surface area contributed by atoms with E-state index in [2.05, 4.69) is 9.97 Å². The number of nitrogens with zero attached hydrogens (tertiary/aromatic N) is 1. The average Bonchev–Trinajstić information content (AvgIpc) is 2.30. The van der Waals surface area contributed by atoms with E-state index in [1.54, 1.807) is 25.1 Å². The largest absolute Gasteiger partial charge is 0.493 e. The Kier molecular flexibility index (Phi) is 3.66. The summed E-state index contributed by atoms with van der Waals surface area (Å²) in [5.41, 5.74) is 0.672. The number of nitrogens with one attached hydrogen (secondary N) is 1. The molecule has 0 fully saturated rings. The van der Waals surface area contributed by atoms with Gasteiger partial charge in [-0.1, -0.05) is 30.0 Å². The number of halogens is 1. The van der Waals surface area contributed by atoms with Crippen LogP contribution < -0.4 is 5.56 Å². The van der Waals surface area contributed by atoms with Crippen molar-refractivity contribution < 1.29 is 9.50 Å². The van der Waals surface area contributed by atoms with Gasteiger partial charge in [0.05, 0.1) is 6.07 Å². The minimum absolute atomic E-state index is 0.257. The topological polar surface area (TPSA) is 66.0 Å². The molecule has 2 aromatic rings. The van der Waals surface area contributed by atoms with E-state index in [-0.39, 0.29) is 16.9 Å². The van der Waals surface area contributed by atoms with E-state index in [4.69, 9.17) is 0 Å². The molecule has 0 aliphatic heterocycles. The Balaban J connectivity index is 2.16. The highest BCUT2D eigenvalue weighted by Gasteiger charge is 2.07. The molecule has 1 aromatic carbocycles. The first-order chi connectivity index (χ1) is 8.56. The summed E-state index contributed by atoms with van der Waals surface area (Å²) in [6.45, 7) is 1.69. The van der Waals surface area contributed by atoms with Crippen LogP contribution in [0.4, 0.5) is 4.39 Å². The number of aromatic hydroxyl groups is 1. The van der Waals surface area contributed by atoms with Gasteiger partial charge in [-0.15, -0.1) is 0 Å². The van der Waals surface area contributed by atoms with Gasteiger partial charge in [0, 0.05) is 5.75 Å². The summed E-state index contributed by atoms with van der Waals surface area (Å²) in [5, 5.41) is 9.44. The van der Waals surface area contributed by atoms with Crippen LogP contribution in [-0.2, 0) is 5.75 Å². The summed E-state index contributed by atoms with van der Waals surface area (Å²) in [6, 6.07) is 6.12. The number of aryl methyl sites for hydroxylation is 1. The van der Waals surface area contributed by atoms with Crippen molar-refractivity contribution in [3.63, 3.8) is 0 Å². The standard InChI is InChI=1S/C12H11FN2O2S/c1-7-3-2-4-8(11(7)13)6-18-12-14-9(16)5-10(17)15-12/h2-5H,6H2,1H3,(H2,14,15,16,17). The second kappa shape index (κ2) is 5.22. The zero-order chi connectivity index (χ0) is 13.1. The van der Waals surface area contributed by atoms with Gasteiger partial charge in [0.25, 0.3) is 5.56 Å². The normalized spacial score (nSPS) is 10.6. The number of aromatic amines is 1. The number of hydrogen-bond donors (Lipinski definition) is 2. The van der Waals surface area contributed by atoms with Gasteiger partial charge in [-0.3, -0.25) is 4.79 Å². The van der Waals surface area contributed by atoms with Crippen molar-refractivity contribution in [2.45, 2.75) is 17.8 Å². The molecule has 18 heavy (non-hydrogen) atoms. The van der Waals surface area contributed by atoms with Crippen LogP contribution >= 0.6 is 11.8 Å². The van der Waals surface area contributed by atoms with Crippen molar-refractivity contribution in [2.24, 2.45) is 0 Å². The fourth-order valence-electron chi connectivity index (χ4n) is 1.46. The molecule has 0 bridgehead atoms. The summed E-state index contributed by atoms with van der Waals surface area (Å²) >= 11 is 1.16. The lowest BCUT2D eigenvalue weighted by molar-refractivity contribution is 0.444. The molecule has 1 aromatic heterocycles. The van der Waals surface area contributed by atoms with Gasteiger partial charge in [-0.25, -0.2) is 4.39 Å². The molecule has 0 spiro atoms. The third-order valence-corrected chi connectivity index (χ3v) is 3.26. The molecule has 94 valence electrons. The van der Waals surface area contributed by atoms with E-state index in [1.165, 1.54) is 0 Å². The monoisotopic (exact) mass is 266 g/mol. The molecule has 4 nitrogen and oxygen atoms in total. The van der Waals surface area contributed by atoms with E-state index < -0.39 is 5.56 Å². The second-order valence-electron chi connectivity index (χ2n) is 3.75. The molecular weight excluding hydrogens is 255 g/mol. The molecule has 0 atom stereocenters. The van der Waals surface area contributed by atoms with Crippen molar-refractivity contribution >= 4 is 11.8 Å². The van der Waals surface area contributed by atoms with E-state index in [1.807, 2.05) is 0 Å². The van der Waals surface area contributed by atoms with Gasteiger partial charge >= 0.3 is 0 Å². The minimum Gasteiger partial charge on any atom is -0.493 e. The number of hydrogen-bond acceptors (Lipinski definition) is 4. The van der Waals surface area contributed by atoms with Crippen LogP contribution in [0.3, 0.4) is 0 Å². The smallest absolute Gasteiger partial charge is 0.255 e. The van der Waals surface area contributed by atoms with Gasteiger partial charge in [0.2, 0.25) is 5.88 Å². The third kappa shape index (κ3) is 2.89. The molecule has 0 unspecified atom stereocenters. The van der Waals surface area contributed by atoms with Gasteiger partial charge < -0.3 is 10.1 Å². The van der Waals surface area contributed by atoms with E-state index in [0.717, 1.165) is 17.8 Å². The maximum atomic E-state index is 13.7. The van der Waals surface area contributed by atoms with Crippen LogP contribution in [0.15, 0.2) is 34.2 Å². The first kappa shape index (κ1) is 12.6. The number of aromatic nitrogens is 2. The van der Waals surface area contributed by atoms with E-state index in [0.29, 0.717) is 16.9 Å². The van der Waals surface area contributed by atoms with Crippen LogP contribution in [0.5, 0.6) is 5.88 Å². The SMILES string of the molecule is Cc1cccc(CSc2nc(O)cc(=O)[nH]2)c1F. The molecule has 0 saturated heterocycles. The zero-order valence-corrected chi connectivity index (χ0v) is 10.4. The van der Waals surface area contributed by atoms with Crippen molar-refractivity contribution in [2.75, 3.05) is 0 Å². The Morgan fingerprint density at radius 2 is 2.28 bits per heavy atom. The Bertz CT molecular complexity index is 628. The maximum Gasteiger partial charge on any atom is 0.255 e. The highest BCUT2D eigenvalue weighted by Crippen LogP contribution is 2.22. The van der Waals surface area contributed by atoms with Gasteiger partial charge in [0.15, 0.2) is 5.16 Å². The molecule has 0 saturated carbocycles. The summed E-state index contributed by atoms with van der Waals surface area (Å²) in [5.74, 6) is -0.265. The molecule has 0 amide bonds. The number of benzene rings is 1. The van der Waals surface area contributed by atoms with Crippen LogP contribution in [-0.4, -0.2) is 15.1 Å². The number of H-pyrrole nitrogens is 1. The zero-order valence-electron chi connectivity index (χ0n) is 9.61. The van der Waals surface area contributed by atoms with Crippen molar-refractivity contribution in [1.82, 2.24) is 9.97 Å². The highest BCUT2D eigenvalue weighted by molar-refractivity contribution is 7.98. The minimum atomic E-state index is -0.435. The molecule has 2 rings (SSSR count). The molecule has 0 aliphatic rings. The van der Waals surface area contributed by atoms with Crippen molar-refractivity contribution in [1.29, 1.82) is 0 Å². The van der Waals surface area contributed by atoms with Crippen LogP contribution in [0.25, 0.3) is 0 Å². The summed E-state index contributed by atoms with van der Waals surface area (Å²) < 4.78 is 13.7. The molecule has 1 heterocycles. The van der Waals surface area contributed by atoms with E-state index in [9.17, 15) is 14.3 Å². The molecule has 0 radical (unpaired) electrons. The van der Waals surface area contributed by atoms with Gasteiger partial charge in [-0.05, 0) is 18.1 Å². The van der Waals surface area contributed by atoms with Crippen molar-refractivity contribution in [3.05, 3.63) is 51.6 Å². The lowest BCUT2D eigenvalue weighted by Gasteiger charge is -2.04. The molecule has 0 aliphatic carbocycles. The summed E-state index contributed by atoms with van der Waals surface area (Å²) in [7, 11) is 0. The number of thioether (sulfide) groups is 1. The van der Waals surface area contributed by atoms with Gasteiger partial charge in [-0.2, -0.15) is 4.98 Å². The van der Waals surface area contributed by atoms with Crippen LogP contribution in [0.1, 0.15) is 11.1 Å². The first-order valence-electron chi connectivity index (χ1n) is 5.23. The summed E-state index contributed by atoms with van der Waals surface area (Å²) in [4.78, 5) is 17.3. The Morgan fingerprint density at radius 1 is 1.50 bits per heavy atom. The van der Waals surface area contributed by atoms with E-state index >= 15 is 0 Å². The molecule has 2 N–H and O–H groups in total. The quantitative estimate of drug-likeness (QED) is 0.660. The lowest BCUT2D eigenvalue weighted by Crippen LogP contribution is -2.06. The first-order valence-corrected chi connectivity index (χ1v) is 6.22. The molecule has 6 heteroatoms. The number of rotatable bonds is 3. The lowest BCUT2D eigenvalue weighted by atomic mass is 10.1. The maximum absolute atomic E-state index is 13.7. The average molecular weight is 266 g/mol. The third-order valence-electron chi connectivity index (χ3n) is 2.34. The summed E-state index contributed by atoms with van der Waals surface area (Å²) in [6.07, 6.45) is 0. The van der Waals surface area contributed by atoms with Crippen LogP contribution in [0.2, 0.25) is 0 Å². The fraction of sp³-hybridized carbons (Fsp3) is 0.167. The second-order valence-corrected chi connectivity index (χ2v) is 4.71. The van der Waals surface area contributed by atoms with Crippen LogP contribution in [0, 0.1) is 12.7 Å². The van der Waals surface area contributed by atoms with Gasteiger partial charge in [0.1, 0.15) is 5.82 Å². The molecular formula is C12H11FN2O2S. The Labute approximate surface area is 107 Å². The predicted molar refractivity (Wildman–Crippen MR) is 67.2 cm³/mol. The predicted octanol–water partition coefficient (Wildman–Crippen LogP) is 2.22. The van der Waals surface area contributed by atoms with Crippen molar-refractivity contribution in [3.8, 4) is 5.88 Å². The Hall–Kier alpha value is -1.82.